The summed E-state index contributed by atoms with van der Waals surface area (Å²) in [5.41, 5.74) is 1.79. The molecule has 5 rings (SSSR count). The van der Waals surface area contributed by atoms with Gasteiger partial charge in [-0.05, 0) is 36.6 Å². The molecule has 1 fully saturated rings. The van der Waals surface area contributed by atoms with Crippen molar-refractivity contribution in [1.82, 2.24) is 20.0 Å². The fourth-order valence-electron chi connectivity index (χ4n) is 3.57. The SMILES string of the molecule is O=C(Cn1c(=O)cc(-c2nc(C3CC3)no2)c2ccccc21)NCc1cccc(Cl)c1. The van der Waals surface area contributed by atoms with Gasteiger partial charge in [0.15, 0.2) is 5.82 Å². The zero-order chi connectivity index (χ0) is 21.4. The molecule has 0 radical (unpaired) electrons. The first-order valence-electron chi connectivity index (χ1n) is 10.1. The maximum atomic E-state index is 12.9. The number of amides is 1. The molecule has 8 heteroatoms. The number of benzene rings is 2. The van der Waals surface area contributed by atoms with Gasteiger partial charge in [0.05, 0.1) is 11.1 Å². The predicted molar refractivity (Wildman–Crippen MR) is 117 cm³/mol. The van der Waals surface area contributed by atoms with Crippen molar-refractivity contribution in [3.63, 3.8) is 0 Å². The van der Waals surface area contributed by atoms with E-state index in [0.717, 1.165) is 23.8 Å². The van der Waals surface area contributed by atoms with Crippen LogP contribution in [0.15, 0.2) is 63.9 Å². The molecule has 0 spiro atoms. The van der Waals surface area contributed by atoms with Crippen LogP contribution in [-0.4, -0.2) is 20.6 Å². The molecule has 156 valence electrons. The number of carbonyl (C=O) groups excluding carboxylic acids is 1. The Morgan fingerprint density at radius 3 is 2.81 bits per heavy atom. The first-order chi connectivity index (χ1) is 15.1. The molecule has 2 heterocycles. The summed E-state index contributed by atoms with van der Waals surface area (Å²) in [6, 6.07) is 16.1. The van der Waals surface area contributed by atoms with E-state index in [4.69, 9.17) is 16.1 Å². The van der Waals surface area contributed by atoms with Crippen LogP contribution >= 0.6 is 11.6 Å². The number of hydrogen-bond acceptors (Lipinski definition) is 5. The second-order valence-electron chi connectivity index (χ2n) is 7.64. The van der Waals surface area contributed by atoms with Crippen LogP contribution in [0.5, 0.6) is 0 Å². The Hall–Kier alpha value is -3.45. The normalized spacial score (nSPS) is 13.5. The molecule has 2 aromatic heterocycles. The van der Waals surface area contributed by atoms with E-state index in [1.54, 1.807) is 12.1 Å². The van der Waals surface area contributed by atoms with Gasteiger partial charge in [-0.25, -0.2) is 0 Å². The second-order valence-corrected chi connectivity index (χ2v) is 8.07. The summed E-state index contributed by atoms with van der Waals surface area (Å²) >= 11 is 5.99. The first kappa shape index (κ1) is 19.5. The molecule has 1 N–H and O–H groups in total. The summed E-state index contributed by atoms with van der Waals surface area (Å²) in [6.45, 7) is 0.230. The van der Waals surface area contributed by atoms with E-state index < -0.39 is 0 Å². The predicted octanol–water partition coefficient (Wildman–Crippen LogP) is 3.90. The smallest absolute Gasteiger partial charge is 0.258 e. The number of hydrogen-bond donors (Lipinski definition) is 1. The van der Waals surface area contributed by atoms with Crippen LogP contribution in [0.2, 0.25) is 5.02 Å². The van der Waals surface area contributed by atoms with Crippen molar-refractivity contribution in [1.29, 1.82) is 0 Å². The molecule has 1 amide bonds. The fourth-order valence-corrected chi connectivity index (χ4v) is 3.79. The van der Waals surface area contributed by atoms with Crippen molar-refractivity contribution in [2.75, 3.05) is 0 Å². The third kappa shape index (κ3) is 4.09. The summed E-state index contributed by atoms with van der Waals surface area (Å²) in [5.74, 6) is 1.09. The van der Waals surface area contributed by atoms with E-state index in [1.807, 2.05) is 36.4 Å². The van der Waals surface area contributed by atoms with Crippen LogP contribution < -0.4 is 10.9 Å². The maximum absolute atomic E-state index is 12.9. The standard InChI is InChI=1S/C23H19ClN4O3/c24-16-5-3-4-14(10-16)12-25-20(29)13-28-19-7-2-1-6-17(19)18(11-21(28)30)23-26-22(27-31-23)15-8-9-15/h1-7,10-11,15H,8-9,12-13H2,(H,25,29). The van der Waals surface area contributed by atoms with Gasteiger partial charge in [-0.3, -0.25) is 14.2 Å². The third-order valence-corrected chi connectivity index (χ3v) is 5.55. The van der Waals surface area contributed by atoms with Crippen LogP contribution in [0.3, 0.4) is 0 Å². The monoisotopic (exact) mass is 434 g/mol. The van der Waals surface area contributed by atoms with Gasteiger partial charge in [0.25, 0.3) is 11.4 Å². The molecule has 0 saturated heterocycles. The van der Waals surface area contributed by atoms with Crippen molar-refractivity contribution in [3.8, 4) is 11.5 Å². The summed E-state index contributed by atoms with van der Waals surface area (Å²) in [5, 5.41) is 8.27. The number of pyridine rings is 1. The lowest BCUT2D eigenvalue weighted by molar-refractivity contribution is -0.121. The van der Waals surface area contributed by atoms with Crippen LogP contribution in [0, 0.1) is 0 Å². The number of halogens is 1. The van der Waals surface area contributed by atoms with E-state index in [-0.39, 0.29) is 18.0 Å². The number of carbonyl (C=O) groups is 1. The lowest BCUT2D eigenvalue weighted by Crippen LogP contribution is -2.32. The summed E-state index contributed by atoms with van der Waals surface area (Å²) in [6.07, 6.45) is 2.12. The Labute approximate surface area is 182 Å². The van der Waals surface area contributed by atoms with Crippen LogP contribution in [0.4, 0.5) is 0 Å². The average Bonchev–Trinajstić information content (AvgIpc) is 3.51. The second kappa shape index (κ2) is 8.00. The van der Waals surface area contributed by atoms with Crippen molar-refractivity contribution < 1.29 is 9.32 Å². The number of nitrogens with one attached hydrogen (secondary N) is 1. The van der Waals surface area contributed by atoms with Crippen molar-refractivity contribution in [3.05, 3.63) is 81.4 Å². The Balaban J connectivity index is 1.43. The minimum absolute atomic E-state index is 0.0999. The van der Waals surface area contributed by atoms with Crippen LogP contribution in [-0.2, 0) is 17.9 Å². The molecule has 31 heavy (non-hydrogen) atoms. The zero-order valence-electron chi connectivity index (χ0n) is 16.5. The third-order valence-electron chi connectivity index (χ3n) is 5.31. The highest BCUT2D eigenvalue weighted by atomic mass is 35.5. The highest BCUT2D eigenvalue weighted by Gasteiger charge is 2.29. The molecule has 1 aliphatic carbocycles. The van der Waals surface area contributed by atoms with Gasteiger partial charge in [0.1, 0.15) is 6.54 Å². The number of rotatable bonds is 6. The lowest BCUT2D eigenvalue weighted by atomic mass is 10.1. The lowest BCUT2D eigenvalue weighted by Gasteiger charge is -2.12. The maximum Gasteiger partial charge on any atom is 0.258 e. The summed E-state index contributed by atoms with van der Waals surface area (Å²) < 4.78 is 6.88. The molecular formula is C23H19ClN4O3. The Bertz CT molecular complexity index is 1340. The number of nitrogens with zero attached hydrogens (tertiary/aromatic N) is 3. The van der Waals surface area contributed by atoms with Gasteiger partial charge in [0.2, 0.25) is 5.91 Å². The molecule has 7 nitrogen and oxygen atoms in total. The van der Waals surface area contributed by atoms with Crippen molar-refractivity contribution in [2.45, 2.75) is 31.8 Å². The molecule has 1 saturated carbocycles. The molecule has 0 atom stereocenters. The molecule has 0 aliphatic heterocycles. The summed E-state index contributed by atoms with van der Waals surface area (Å²) in [7, 11) is 0. The van der Waals surface area contributed by atoms with Gasteiger partial charge < -0.3 is 9.84 Å². The fraction of sp³-hybridized carbons (Fsp3) is 0.217. The van der Waals surface area contributed by atoms with Gasteiger partial charge in [-0.1, -0.05) is 47.1 Å². The van der Waals surface area contributed by atoms with E-state index in [1.165, 1.54) is 10.6 Å². The van der Waals surface area contributed by atoms with E-state index in [9.17, 15) is 9.59 Å². The highest BCUT2D eigenvalue weighted by Crippen LogP contribution is 2.39. The molecule has 4 aromatic rings. The minimum Gasteiger partial charge on any atom is -0.350 e. The van der Waals surface area contributed by atoms with Crippen molar-refractivity contribution >= 4 is 28.4 Å². The largest absolute Gasteiger partial charge is 0.350 e. The number of aromatic nitrogens is 3. The van der Waals surface area contributed by atoms with E-state index in [2.05, 4.69) is 15.5 Å². The average molecular weight is 435 g/mol. The molecule has 2 aromatic carbocycles. The Morgan fingerprint density at radius 2 is 2.00 bits per heavy atom. The number of para-hydroxylation sites is 1. The van der Waals surface area contributed by atoms with Gasteiger partial charge >= 0.3 is 0 Å². The quantitative estimate of drug-likeness (QED) is 0.497. The highest BCUT2D eigenvalue weighted by molar-refractivity contribution is 6.30. The van der Waals surface area contributed by atoms with Gasteiger partial charge in [0, 0.05) is 28.9 Å². The topological polar surface area (TPSA) is 90.0 Å². The molecule has 0 bridgehead atoms. The molecular weight excluding hydrogens is 416 g/mol. The van der Waals surface area contributed by atoms with Crippen LogP contribution in [0.25, 0.3) is 22.4 Å². The Kier molecular flexibility index (Phi) is 5.03. The minimum atomic E-state index is -0.308. The van der Waals surface area contributed by atoms with Gasteiger partial charge in [-0.2, -0.15) is 4.98 Å². The van der Waals surface area contributed by atoms with E-state index in [0.29, 0.717) is 40.3 Å². The zero-order valence-corrected chi connectivity index (χ0v) is 17.3. The Morgan fingerprint density at radius 1 is 1.16 bits per heavy atom. The van der Waals surface area contributed by atoms with Crippen molar-refractivity contribution in [2.24, 2.45) is 0 Å². The number of fused-ring (bicyclic) bond motifs is 1. The first-order valence-corrected chi connectivity index (χ1v) is 10.4. The molecule has 1 aliphatic rings. The van der Waals surface area contributed by atoms with Gasteiger partial charge in [-0.15, -0.1) is 0 Å². The summed E-state index contributed by atoms with van der Waals surface area (Å²) in [4.78, 5) is 30.0. The van der Waals surface area contributed by atoms with Crippen LogP contribution in [0.1, 0.15) is 30.1 Å². The molecule has 0 unspecified atom stereocenters. The van der Waals surface area contributed by atoms with E-state index >= 15 is 0 Å².